The molecule has 324 valence electrons. The topological polar surface area (TPSA) is 95.9 Å². The minimum Gasteiger partial charge on any atom is -0.462 e. The van der Waals surface area contributed by atoms with Crippen molar-refractivity contribution >= 4 is 11.9 Å². The first-order valence-corrected chi connectivity index (χ1v) is 24.1. The van der Waals surface area contributed by atoms with E-state index in [0.29, 0.717) is 19.3 Å². The van der Waals surface area contributed by atoms with Gasteiger partial charge in [-0.05, 0) is 51.4 Å². The van der Waals surface area contributed by atoms with Crippen molar-refractivity contribution in [2.75, 3.05) is 6.61 Å². The number of amides is 1. The van der Waals surface area contributed by atoms with Gasteiger partial charge in [0.2, 0.25) is 5.91 Å². The van der Waals surface area contributed by atoms with Gasteiger partial charge in [-0.1, -0.05) is 212 Å². The Bertz CT molecular complexity index is 873. The van der Waals surface area contributed by atoms with Crippen LogP contribution in [0.3, 0.4) is 0 Å². The fourth-order valence-corrected chi connectivity index (χ4v) is 7.36. The van der Waals surface area contributed by atoms with Gasteiger partial charge in [-0.25, -0.2) is 0 Å². The van der Waals surface area contributed by atoms with E-state index in [1.807, 2.05) is 0 Å². The molecule has 0 aliphatic rings. The minimum absolute atomic E-state index is 0.0713. The number of esters is 1. The third-order valence-electron chi connectivity index (χ3n) is 11.1. The van der Waals surface area contributed by atoms with E-state index in [9.17, 15) is 19.8 Å². The van der Waals surface area contributed by atoms with E-state index in [-0.39, 0.29) is 24.9 Å². The summed E-state index contributed by atoms with van der Waals surface area (Å²) in [5.41, 5.74) is 0. The maximum Gasteiger partial charge on any atom is 0.306 e. The van der Waals surface area contributed by atoms with Crippen molar-refractivity contribution in [2.45, 2.75) is 270 Å². The Labute approximate surface area is 341 Å². The highest BCUT2D eigenvalue weighted by atomic mass is 16.5. The average Bonchev–Trinajstić information content (AvgIpc) is 3.18. The Kier molecular flexibility index (Phi) is 42.2. The molecule has 0 heterocycles. The number of unbranched alkanes of at least 4 members (excludes halogenated alkanes) is 28. The second kappa shape index (κ2) is 43.5. The summed E-state index contributed by atoms with van der Waals surface area (Å²) in [6.07, 6.45) is 48.1. The number of carbonyl (C=O) groups excluding carboxylic acids is 2. The number of allylic oxidation sites excluding steroid dienone is 4. The predicted octanol–water partition coefficient (Wildman–Crippen LogP) is 14.0. The normalized spacial score (nSPS) is 13.5. The van der Waals surface area contributed by atoms with Crippen LogP contribution in [0.25, 0.3) is 0 Å². The SMILES string of the molecule is CCCCCCCCC/C=C/C=C/CCCCCC(=O)OC(CCCCCCCCCCCC)CC(=O)NC(CO)C(O)CCCCCCCCCCCC. The Balaban J connectivity index is 4.56. The molecule has 1 amide bonds. The average molecular weight is 776 g/mol. The molecule has 0 aromatic rings. The van der Waals surface area contributed by atoms with Crippen LogP contribution in [0.4, 0.5) is 0 Å². The molecule has 55 heavy (non-hydrogen) atoms. The van der Waals surface area contributed by atoms with Crippen molar-refractivity contribution in [1.82, 2.24) is 5.32 Å². The number of aliphatic hydroxyl groups excluding tert-OH is 2. The maximum atomic E-state index is 13.1. The summed E-state index contributed by atoms with van der Waals surface area (Å²) in [5, 5.41) is 23.6. The monoisotopic (exact) mass is 776 g/mol. The number of carbonyl (C=O) groups is 2. The molecule has 3 unspecified atom stereocenters. The molecular formula is C49H93NO5. The Morgan fingerprint density at radius 3 is 1.35 bits per heavy atom. The smallest absolute Gasteiger partial charge is 0.306 e. The first-order chi connectivity index (χ1) is 27.0. The number of aliphatic hydroxyl groups is 2. The second-order valence-electron chi connectivity index (χ2n) is 16.5. The molecular weight excluding hydrogens is 683 g/mol. The van der Waals surface area contributed by atoms with Gasteiger partial charge in [0.05, 0.1) is 25.2 Å². The van der Waals surface area contributed by atoms with Gasteiger partial charge in [0.1, 0.15) is 6.10 Å². The Hall–Kier alpha value is -1.66. The van der Waals surface area contributed by atoms with Crippen LogP contribution in [0.1, 0.15) is 252 Å². The molecule has 3 N–H and O–H groups in total. The van der Waals surface area contributed by atoms with Gasteiger partial charge in [0, 0.05) is 6.42 Å². The highest BCUT2D eigenvalue weighted by Crippen LogP contribution is 2.18. The lowest BCUT2D eigenvalue weighted by atomic mass is 10.0. The van der Waals surface area contributed by atoms with E-state index in [4.69, 9.17) is 4.74 Å². The van der Waals surface area contributed by atoms with Crippen LogP contribution in [0.5, 0.6) is 0 Å². The van der Waals surface area contributed by atoms with Crippen molar-refractivity contribution in [3.63, 3.8) is 0 Å². The van der Waals surface area contributed by atoms with Crippen LogP contribution < -0.4 is 5.32 Å². The van der Waals surface area contributed by atoms with Gasteiger partial charge in [-0.2, -0.15) is 0 Å². The maximum absolute atomic E-state index is 13.1. The van der Waals surface area contributed by atoms with Crippen LogP contribution in [0.15, 0.2) is 24.3 Å². The molecule has 0 aromatic carbocycles. The second-order valence-corrected chi connectivity index (χ2v) is 16.5. The summed E-state index contributed by atoms with van der Waals surface area (Å²) in [4.78, 5) is 26.0. The largest absolute Gasteiger partial charge is 0.462 e. The van der Waals surface area contributed by atoms with E-state index in [0.717, 1.165) is 64.2 Å². The van der Waals surface area contributed by atoms with Gasteiger partial charge in [-0.15, -0.1) is 0 Å². The fraction of sp³-hybridized carbons (Fsp3) is 0.878. The molecule has 0 aliphatic heterocycles. The summed E-state index contributed by atoms with van der Waals surface area (Å²) in [7, 11) is 0. The Morgan fingerprint density at radius 2 is 0.909 bits per heavy atom. The number of hydrogen-bond acceptors (Lipinski definition) is 5. The van der Waals surface area contributed by atoms with Crippen LogP contribution in [0, 0.1) is 0 Å². The van der Waals surface area contributed by atoms with E-state index in [1.165, 1.54) is 141 Å². The zero-order chi connectivity index (χ0) is 40.3. The minimum atomic E-state index is -0.785. The van der Waals surface area contributed by atoms with E-state index in [1.54, 1.807) is 0 Å². The van der Waals surface area contributed by atoms with Gasteiger partial charge in [0.25, 0.3) is 0 Å². The summed E-state index contributed by atoms with van der Waals surface area (Å²) in [6, 6.07) is -0.700. The van der Waals surface area contributed by atoms with Crippen molar-refractivity contribution in [1.29, 1.82) is 0 Å². The fourth-order valence-electron chi connectivity index (χ4n) is 7.36. The van der Waals surface area contributed by atoms with Crippen molar-refractivity contribution in [3.8, 4) is 0 Å². The first kappa shape index (κ1) is 53.3. The zero-order valence-electron chi connectivity index (χ0n) is 36.8. The van der Waals surface area contributed by atoms with Gasteiger partial charge < -0.3 is 20.3 Å². The Morgan fingerprint density at radius 1 is 0.527 bits per heavy atom. The number of nitrogens with one attached hydrogen (secondary N) is 1. The van der Waals surface area contributed by atoms with Crippen LogP contribution >= 0.6 is 0 Å². The van der Waals surface area contributed by atoms with Gasteiger partial charge in [0.15, 0.2) is 0 Å². The lowest BCUT2D eigenvalue weighted by molar-refractivity contribution is -0.151. The third kappa shape index (κ3) is 39.0. The molecule has 0 aliphatic carbocycles. The van der Waals surface area contributed by atoms with E-state index < -0.39 is 18.2 Å². The van der Waals surface area contributed by atoms with E-state index >= 15 is 0 Å². The highest BCUT2D eigenvalue weighted by Gasteiger charge is 2.24. The van der Waals surface area contributed by atoms with Crippen LogP contribution in [-0.2, 0) is 14.3 Å². The summed E-state index contributed by atoms with van der Waals surface area (Å²) in [5.74, 6) is -0.497. The molecule has 6 heteroatoms. The molecule has 0 aromatic heterocycles. The molecule has 0 fully saturated rings. The molecule has 0 radical (unpaired) electrons. The molecule has 0 bridgehead atoms. The van der Waals surface area contributed by atoms with Crippen molar-refractivity contribution in [2.24, 2.45) is 0 Å². The summed E-state index contributed by atoms with van der Waals surface area (Å²) < 4.78 is 5.89. The summed E-state index contributed by atoms with van der Waals surface area (Å²) >= 11 is 0. The van der Waals surface area contributed by atoms with Gasteiger partial charge >= 0.3 is 5.97 Å². The number of rotatable bonds is 43. The molecule has 0 rings (SSSR count). The molecule has 3 atom stereocenters. The third-order valence-corrected chi connectivity index (χ3v) is 11.1. The first-order valence-electron chi connectivity index (χ1n) is 24.1. The molecule has 0 saturated carbocycles. The van der Waals surface area contributed by atoms with Crippen LogP contribution in [-0.4, -0.2) is 46.9 Å². The molecule has 0 spiro atoms. The summed E-state index contributed by atoms with van der Waals surface area (Å²) in [6.45, 7) is 6.45. The predicted molar refractivity (Wildman–Crippen MR) is 236 cm³/mol. The van der Waals surface area contributed by atoms with E-state index in [2.05, 4.69) is 50.4 Å². The van der Waals surface area contributed by atoms with Gasteiger partial charge in [-0.3, -0.25) is 9.59 Å². The van der Waals surface area contributed by atoms with Crippen LogP contribution in [0.2, 0.25) is 0 Å². The zero-order valence-corrected chi connectivity index (χ0v) is 36.8. The molecule has 6 nitrogen and oxygen atoms in total. The highest BCUT2D eigenvalue weighted by molar-refractivity contribution is 5.77. The quantitative estimate of drug-likeness (QED) is 0.0326. The standard InChI is InChI=1S/C49H93NO5/c1-4-7-10-13-16-19-22-23-24-25-26-27-30-33-36-39-42-49(54)55-45(40-37-34-31-28-20-17-14-11-8-5-2)43-48(53)50-46(44-51)47(52)41-38-35-32-29-21-18-15-12-9-6-3/h24-27,45-47,51-52H,4-23,28-44H2,1-3H3,(H,50,53)/b25-24+,27-26+. The van der Waals surface area contributed by atoms with Crippen molar-refractivity contribution < 1.29 is 24.5 Å². The lowest BCUT2D eigenvalue weighted by Crippen LogP contribution is -2.46. The lowest BCUT2D eigenvalue weighted by Gasteiger charge is -2.24. The number of ether oxygens (including phenoxy) is 1. The molecule has 0 saturated heterocycles. The number of hydrogen-bond donors (Lipinski definition) is 3. The van der Waals surface area contributed by atoms with Crippen molar-refractivity contribution in [3.05, 3.63) is 24.3 Å².